The molecule has 0 aliphatic rings. The van der Waals surface area contributed by atoms with Crippen LogP contribution in [0.5, 0.6) is 11.5 Å². The van der Waals surface area contributed by atoms with Crippen molar-refractivity contribution >= 4 is 5.97 Å². The van der Waals surface area contributed by atoms with Gasteiger partial charge in [-0.2, -0.15) is 0 Å². The van der Waals surface area contributed by atoms with Gasteiger partial charge in [0.15, 0.2) is 0 Å². The predicted molar refractivity (Wildman–Crippen MR) is 79.5 cm³/mol. The molecule has 1 N–H and O–H groups in total. The summed E-state index contributed by atoms with van der Waals surface area (Å²) in [6.07, 6.45) is 3.09. The summed E-state index contributed by atoms with van der Waals surface area (Å²) in [6.45, 7) is 0.404. The molecular formula is C17H14O6. The molecule has 23 heavy (non-hydrogen) atoms. The van der Waals surface area contributed by atoms with Crippen molar-refractivity contribution in [3.63, 3.8) is 0 Å². The zero-order valence-electron chi connectivity index (χ0n) is 12.1. The molecule has 0 bridgehead atoms. The quantitative estimate of drug-likeness (QED) is 0.715. The molecule has 2 aromatic heterocycles. The van der Waals surface area contributed by atoms with Crippen LogP contribution < -0.4 is 9.47 Å². The number of carbonyl (C=O) groups is 1. The van der Waals surface area contributed by atoms with Crippen molar-refractivity contribution in [2.75, 3.05) is 0 Å². The molecule has 0 aliphatic carbocycles. The van der Waals surface area contributed by atoms with E-state index in [-0.39, 0.29) is 18.8 Å². The van der Waals surface area contributed by atoms with Gasteiger partial charge < -0.3 is 23.4 Å². The van der Waals surface area contributed by atoms with Crippen molar-refractivity contribution in [2.45, 2.75) is 13.2 Å². The lowest BCUT2D eigenvalue weighted by Gasteiger charge is -2.10. The third kappa shape index (κ3) is 3.94. The molecule has 0 fully saturated rings. The van der Waals surface area contributed by atoms with Crippen molar-refractivity contribution in [1.29, 1.82) is 0 Å². The molecule has 2 heterocycles. The maximum absolute atomic E-state index is 11.2. The van der Waals surface area contributed by atoms with Gasteiger partial charge in [-0.25, -0.2) is 4.79 Å². The first kappa shape index (κ1) is 14.8. The number of aromatic carboxylic acids is 1. The van der Waals surface area contributed by atoms with Gasteiger partial charge in [0.05, 0.1) is 18.1 Å². The topological polar surface area (TPSA) is 82.0 Å². The standard InChI is InChI=1S/C17H14O6/c18-17(19)12-7-15(22-10-13-3-1-5-20-13)9-16(8-12)23-11-14-4-2-6-21-14/h1-9H,10-11H2,(H,18,19). The van der Waals surface area contributed by atoms with Gasteiger partial charge in [0.25, 0.3) is 0 Å². The Labute approximate surface area is 131 Å². The minimum absolute atomic E-state index is 0.0800. The average Bonchev–Trinajstić information content (AvgIpc) is 3.24. The molecule has 0 aliphatic heterocycles. The zero-order chi connectivity index (χ0) is 16.1. The molecule has 3 aromatic rings. The van der Waals surface area contributed by atoms with Gasteiger partial charge in [-0.05, 0) is 36.4 Å². The third-order valence-corrected chi connectivity index (χ3v) is 3.05. The summed E-state index contributed by atoms with van der Waals surface area (Å²) >= 11 is 0. The lowest BCUT2D eigenvalue weighted by molar-refractivity contribution is 0.0695. The Balaban J connectivity index is 1.73. The minimum atomic E-state index is -1.06. The predicted octanol–water partition coefficient (Wildman–Crippen LogP) is 3.73. The van der Waals surface area contributed by atoms with Crippen LogP contribution in [0.15, 0.2) is 63.8 Å². The Morgan fingerprint density at radius 2 is 1.43 bits per heavy atom. The van der Waals surface area contributed by atoms with Gasteiger partial charge in [-0.15, -0.1) is 0 Å². The number of carboxylic acids is 1. The largest absolute Gasteiger partial charge is 0.485 e. The minimum Gasteiger partial charge on any atom is -0.485 e. The summed E-state index contributed by atoms with van der Waals surface area (Å²) in [4.78, 5) is 11.2. The van der Waals surface area contributed by atoms with E-state index in [1.807, 2.05) is 0 Å². The van der Waals surface area contributed by atoms with Crippen LogP contribution in [0.2, 0.25) is 0 Å². The second-order valence-corrected chi connectivity index (χ2v) is 4.73. The van der Waals surface area contributed by atoms with E-state index >= 15 is 0 Å². The van der Waals surface area contributed by atoms with E-state index in [4.69, 9.17) is 18.3 Å². The van der Waals surface area contributed by atoms with Gasteiger partial charge in [0, 0.05) is 6.07 Å². The van der Waals surface area contributed by atoms with E-state index in [0.29, 0.717) is 23.0 Å². The first-order valence-electron chi connectivity index (χ1n) is 6.89. The van der Waals surface area contributed by atoms with Crippen molar-refractivity contribution < 1.29 is 28.2 Å². The van der Waals surface area contributed by atoms with Gasteiger partial charge in [0.2, 0.25) is 0 Å². The van der Waals surface area contributed by atoms with Crippen molar-refractivity contribution in [2.24, 2.45) is 0 Å². The summed E-state index contributed by atoms with van der Waals surface area (Å²) in [6, 6.07) is 11.5. The molecule has 0 saturated carbocycles. The molecule has 0 atom stereocenters. The molecule has 0 unspecified atom stereocenters. The summed E-state index contributed by atoms with van der Waals surface area (Å²) in [5.41, 5.74) is 0.0800. The van der Waals surface area contributed by atoms with Crippen molar-refractivity contribution in [3.05, 3.63) is 72.1 Å². The highest BCUT2D eigenvalue weighted by molar-refractivity contribution is 5.88. The van der Waals surface area contributed by atoms with Crippen LogP contribution >= 0.6 is 0 Å². The van der Waals surface area contributed by atoms with Gasteiger partial charge >= 0.3 is 5.97 Å². The Morgan fingerprint density at radius 3 is 1.83 bits per heavy atom. The summed E-state index contributed by atoms with van der Waals surface area (Å²) in [5, 5.41) is 9.19. The zero-order valence-corrected chi connectivity index (χ0v) is 12.1. The number of furan rings is 2. The van der Waals surface area contributed by atoms with E-state index in [9.17, 15) is 9.90 Å². The van der Waals surface area contributed by atoms with Crippen LogP contribution in [0.3, 0.4) is 0 Å². The smallest absolute Gasteiger partial charge is 0.335 e. The second kappa shape index (κ2) is 6.74. The lowest BCUT2D eigenvalue weighted by Crippen LogP contribution is -2.01. The lowest BCUT2D eigenvalue weighted by atomic mass is 10.2. The molecule has 3 rings (SSSR count). The molecule has 0 spiro atoms. The van der Waals surface area contributed by atoms with E-state index in [1.54, 1.807) is 42.9 Å². The van der Waals surface area contributed by atoms with Crippen LogP contribution in [-0.2, 0) is 13.2 Å². The van der Waals surface area contributed by atoms with Gasteiger partial charge in [-0.1, -0.05) is 0 Å². The molecule has 118 valence electrons. The maximum Gasteiger partial charge on any atom is 0.335 e. The van der Waals surface area contributed by atoms with E-state index in [0.717, 1.165) is 0 Å². The number of carboxylic acid groups (broad SMARTS) is 1. The van der Waals surface area contributed by atoms with Crippen molar-refractivity contribution in [3.8, 4) is 11.5 Å². The Bertz CT molecular complexity index is 702. The van der Waals surface area contributed by atoms with Crippen LogP contribution in [0.25, 0.3) is 0 Å². The van der Waals surface area contributed by atoms with Crippen LogP contribution in [0, 0.1) is 0 Å². The molecular weight excluding hydrogens is 300 g/mol. The number of hydrogen-bond donors (Lipinski definition) is 1. The second-order valence-electron chi connectivity index (χ2n) is 4.73. The van der Waals surface area contributed by atoms with Gasteiger partial charge in [-0.3, -0.25) is 0 Å². The molecule has 1 aromatic carbocycles. The fourth-order valence-electron chi connectivity index (χ4n) is 1.96. The number of ether oxygens (including phenoxy) is 2. The number of hydrogen-bond acceptors (Lipinski definition) is 5. The first-order chi connectivity index (χ1) is 11.2. The highest BCUT2D eigenvalue weighted by Gasteiger charge is 2.10. The number of benzene rings is 1. The Morgan fingerprint density at radius 1 is 0.913 bits per heavy atom. The fourth-order valence-corrected chi connectivity index (χ4v) is 1.96. The van der Waals surface area contributed by atoms with Crippen LogP contribution in [0.1, 0.15) is 21.9 Å². The Kier molecular flexibility index (Phi) is 4.33. The molecule has 0 amide bonds. The first-order valence-corrected chi connectivity index (χ1v) is 6.89. The maximum atomic E-state index is 11.2. The van der Waals surface area contributed by atoms with Crippen LogP contribution in [-0.4, -0.2) is 11.1 Å². The SMILES string of the molecule is O=C(O)c1cc(OCc2ccco2)cc(OCc2ccco2)c1. The molecule has 0 radical (unpaired) electrons. The van der Waals surface area contributed by atoms with E-state index < -0.39 is 5.97 Å². The third-order valence-electron chi connectivity index (χ3n) is 3.05. The normalized spacial score (nSPS) is 10.4. The number of rotatable bonds is 7. The average molecular weight is 314 g/mol. The summed E-state index contributed by atoms with van der Waals surface area (Å²) in [5.74, 6) is 0.996. The fraction of sp³-hybridized carbons (Fsp3) is 0.118. The van der Waals surface area contributed by atoms with E-state index in [1.165, 1.54) is 12.1 Å². The van der Waals surface area contributed by atoms with Gasteiger partial charge in [0.1, 0.15) is 36.2 Å². The monoisotopic (exact) mass is 314 g/mol. The highest BCUT2D eigenvalue weighted by Crippen LogP contribution is 2.25. The van der Waals surface area contributed by atoms with Crippen LogP contribution in [0.4, 0.5) is 0 Å². The van der Waals surface area contributed by atoms with E-state index in [2.05, 4.69) is 0 Å². The summed E-state index contributed by atoms with van der Waals surface area (Å²) in [7, 11) is 0. The molecule has 6 heteroatoms. The molecule has 6 nitrogen and oxygen atoms in total. The Hall–Kier alpha value is -3.15. The molecule has 0 saturated heterocycles. The highest BCUT2D eigenvalue weighted by atomic mass is 16.5. The summed E-state index contributed by atoms with van der Waals surface area (Å²) < 4.78 is 21.5. The van der Waals surface area contributed by atoms with Crippen molar-refractivity contribution in [1.82, 2.24) is 0 Å².